The van der Waals surface area contributed by atoms with E-state index in [2.05, 4.69) is 11.3 Å². The molecule has 9 heteroatoms. The van der Waals surface area contributed by atoms with Gasteiger partial charge in [-0.1, -0.05) is 6.58 Å². The van der Waals surface area contributed by atoms with E-state index in [1.54, 1.807) is 0 Å². The molecule has 0 aliphatic rings. The fraction of sp³-hybridized carbons (Fsp3) is 0.571. The third-order valence-corrected chi connectivity index (χ3v) is 6.01. The summed E-state index contributed by atoms with van der Waals surface area (Å²) in [5.41, 5.74) is 0. The average molecular weight is 272 g/mol. The summed E-state index contributed by atoms with van der Waals surface area (Å²) in [5.74, 6) is -0.963. The van der Waals surface area contributed by atoms with E-state index in [0.717, 1.165) is 6.66 Å². The number of carbonyl (C=O) groups excluding carboxylic acids is 1. The Morgan fingerprint density at radius 3 is 2.06 bits per heavy atom. The second-order valence-electron chi connectivity index (χ2n) is 3.39. The Hall–Kier alpha value is -0.450. The largest absolute Gasteiger partial charge is 0.432 e. The Balaban J connectivity index is 4.85. The van der Waals surface area contributed by atoms with Crippen LogP contribution in [-0.2, 0) is 18.7 Å². The molecule has 3 N–H and O–H groups in total. The van der Waals surface area contributed by atoms with Gasteiger partial charge in [-0.2, -0.15) is 0 Å². The summed E-state index contributed by atoms with van der Waals surface area (Å²) in [7, 11) is -8.93. The van der Waals surface area contributed by atoms with Gasteiger partial charge >= 0.3 is 13.6 Å². The summed E-state index contributed by atoms with van der Waals surface area (Å²) in [6.07, 6.45) is -0.832. The van der Waals surface area contributed by atoms with Crippen LogP contribution in [0.4, 0.5) is 0 Å². The van der Waals surface area contributed by atoms with E-state index in [4.69, 9.17) is 14.7 Å². The van der Waals surface area contributed by atoms with Crippen molar-refractivity contribution in [2.75, 3.05) is 6.66 Å². The fourth-order valence-electron chi connectivity index (χ4n) is 0.952. The molecule has 0 radical (unpaired) electrons. The standard InChI is InChI=1S/C7H14O7P2/c1-5(2)14-6(8)4-7(15(3,9)10)16(11,12)13/h7H,1,4H2,2-3H3,(H,9,10)(H2,11,12,13). The first-order chi connectivity index (χ1) is 6.94. The van der Waals surface area contributed by atoms with Gasteiger partial charge in [0.05, 0.1) is 12.2 Å². The van der Waals surface area contributed by atoms with Gasteiger partial charge in [0.25, 0.3) is 0 Å². The Labute approximate surface area is 92.7 Å². The summed E-state index contributed by atoms with van der Waals surface area (Å²) < 4.78 is 26.6. The van der Waals surface area contributed by atoms with Gasteiger partial charge in [-0.05, 0) is 6.92 Å². The molecule has 2 atom stereocenters. The molecule has 2 unspecified atom stereocenters. The monoisotopic (exact) mass is 272 g/mol. The first-order valence-corrected chi connectivity index (χ1v) is 8.01. The lowest BCUT2D eigenvalue weighted by molar-refractivity contribution is -0.139. The molecule has 0 aromatic heterocycles. The molecule has 0 amide bonds. The summed E-state index contributed by atoms with van der Waals surface area (Å²) in [6, 6.07) is 0. The van der Waals surface area contributed by atoms with Crippen LogP contribution < -0.4 is 0 Å². The highest BCUT2D eigenvalue weighted by atomic mass is 31.2. The molecule has 0 heterocycles. The zero-order valence-electron chi connectivity index (χ0n) is 8.86. The van der Waals surface area contributed by atoms with Crippen LogP contribution in [0.1, 0.15) is 13.3 Å². The Bertz CT molecular complexity index is 354. The first-order valence-electron chi connectivity index (χ1n) is 4.16. The number of carbonyl (C=O) groups is 1. The van der Waals surface area contributed by atoms with Crippen molar-refractivity contribution in [2.45, 2.75) is 18.7 Å². The smallest absolute Gasteiger partial charge is 0.338 e. The van der Waals surface area contributed by atoms with Crippen molar-refractivity contribution < 1.29 is 33.3 Å². The van der Waals surface area contributed by atoms with Crippen LogP contribution >= 0.6 is 15.0 Å². The van der Waals surface area contributed by atoms with Crippen molar-refractivity contribution in [3.8, 4) is 0 Å². The molecule has 0 saturated heterocycles. The zero-order chi connectivity index (χ0) is 13.1. The van der Waals surface area contributed by atoms with E-state index in [9.17, 15) is 13.9 Å². The van der Waals surface area contributed by atoms with Gasteiger partial charge in [-0.3, -0.25) is 13.9 Å². The minimum absolute atomic E-state index is 0.0401. The van der Waals surface area contributed by atoms with Crippen molar-refractivity contribution in [1.82, 2.24) is 0 Å². The second kappa shape index (κ2) is 5.25. The van der Waals surface area contributed by atoms with Crippen LogP contribution in [0.3, 0.4) is 0 Å². The summed E-state index contributed by atoms with van der Waals surface area (Å²) in [5, 5.41) is -1.94. The molecule has 16 heavy (non-hydrogen) atoms. The highest BCUT2D eigenvalue weighted by Crippen LogP contribution is 2.61. The normalized spacial score (nSPS) is 17.3. The first kappa shape index (κ1) is 15.6. The van der Waals surface area contributed by atoms with E-state index in [1.165, 1.54) is 6.92 Å². The number of ether oxygens (including phenoxy) is 1. The predicted octanol–water partition coefficient (Wildman–Crippen LogP) is 0.857. The molecule has 0 spiro atoms. The van der Waals surface area contributed by atoms with E-state index < -0.39 is 32.8 Å². The lowest BCUT2D eigenvalue weighted by atomic mass is 10.5. The van der Waals surface area contributed by atoms with Gasteiger partial charge in [0, 0.05) is 6.66 Å². The van der Waals surface area contributed by atoms with Gasteiger partial charge < -0.3 is 19.4 Å². The van der Waals surface area contributed by atoms with Gasteiger partial charge in [0.1, 0.15) is 5.40 Å². The molecule has 94 valence electrons. The molecule has 0 fully saturated rings. The second-order valence-corrected chi connectivity index (χ2v) is 8.11. The molecular weight excluding hydrogens is 258 g/mol. The lowest BCUT2D eigenvalue weighted by Crippen LogP contribution is -2.16. The van der Waals surface area contributed by atoms with Crippen LogP contribution in [-0.4, -0.2) is 32.7 Å². The van der Waals surface area contributed by atoms with Crippen molar-refractivity contribution >= 4 is 20.9 Å². The highest BCUT2D eigenvalue weighted by molar-refractivity contribution is 7.73. The van der Waals surface area contributed by atoms with Crippen molar-refractivity contribution in [3.05, 3.63) is 12.3 Å². The van der Waals surface area contributed by atoms with E-state index in [0.29, 0.717) is 0 Å². The predicted molar refractivity (Wildman–Crippen MR) is 57.1 cm³/mol. The van der Waals surface area contributed by atoms with E-state index in [1.807, 2.05) is 0 Å². The summed E-state index contributed by atoms with van der Waals surface area (Å²) >= 11 is 0. The molecule has 0 bridgehead atoms. The molecule has 0 aliphatic carbocycles. The number of allylic oxidation sites excluding steroid dienone is 1. The third-order valence-electron chi connectivity index (χ3n) is 1.58. The topological polar surface area (TPSA) is 121 Å². The fourth-order valence-corrected chi connectivity index (χ4v) is 4.06. The van der Waals surface area contributed by atoms with E-state index >= 15 is 0 Å². The molecule has 0 aromatic rings. The van der Waals surface area contributed by atoms with E-state index in [-0.39, 0.29) is 5.76 Å². The average Bonchev–Trinajstić information content (AvgIpc) is 1.94. The van der Waals surface area contributed by atoms with Crippen LogP contribution in [0, 0.1) is 0 Å². The lowest BCUT2D eigenvalue weighted by Gasteiger charge is -2.19. The van der Waals surface area contributed by atoms with Gasteiger partial charge in [0.15, 0.2) is 0 Å². The van der Waals surface area contributed by atoms with Crippen molar-refractivity contribution in [1.29, 1.82) is 0 Å². The highest BCUT2D eigenvalue weighted by Gasteiger charge is 2.42. The number of hydrogen-bond acceptors (Lipinski definition) is 4. The summed E-state index contributed by atoms with van der Waals surface area (Å²) in [6.45, 7) is 5.41. The van der Waals surface area contributed by atoms with Crippen molar-refractivity contribution in [3.63, 3.8) is 0 Å². The maximum absolute atomic E-state index is 11.2. The SMILES string of the molecule is C=C(C)OC(=O)CC(P(C)(=O)O)P(=O)(O)O. The zero-order valence-corrected chi connectivity index (χ0v) is 10.6. The molecule has 0 saturated carbocycles. The maximum Gasteiger partial charge on any atom is 0.338 e. The Morgan fingerprint density at radius 2 is 1.81 bits per heavy atom. The molecular formula is C7H14O7P2. The van der Waals surface area contributed by atoms with Crippen LogP contribution in [0.5, 0.6) is 0 Å². The third kappa shape index (κ3) is 5.58. The van der Waals surface area contributed by atoms with Crippen LogP contribution in [0.15, 0.2) is 12.3 Å². The Kier molecular flexibility index (Phi) is 5.11. The Morgan fingerprint density at radius 1 is 1.38 bits per heavy atom. The quantitative estimate of drug-likeness (QED) is 0.385. The molecule has 0 aliphatic heterocycles. The van der Waals surface area contributed by atoms with Gasteiger partial charge in [0.2, 0.25) is 7.37 Å². The number of hydrogen-bond donors (Lipinski definition) is 3. The van der Waals surface area contributed by atoms with Crippen LogP contribution in [0.25, 0.3) is 0 Å². The van der Waals surface area contributed by atoms with Gasteiger partial charge in [-0.25, -0.2) is 0 Å². The summed E-state index contributed by atoms with van der Waals surface area (Å²) in [4.78, 5) is 37.9. The van der Waals surface area contributed by atoms with Crippen molar-refractivity contribution in [2.24, 2.45) is 0 Å². The minimum atomic E-state index is -4.84. The van der Waals surface area contributed by atoms with Crippen LogP contribution in [0.2, 0.25) is 0 Å². The molecule has 7 nitrogen and oxygen atoms in total. The molecule has 0 rings (SSSR count). The van der Waals surface area contributed by atoms with Gasteiger partial charge in [-0.15, -0.1) is 0 Å². The number of esters is 1. The molecule has 0 aromatic carbocycles. The minimum Gasteiger partial charge on any atom is -0.432 e. The maximum atomic E-state index is 11.2. The number of rotatable bonds is 5.